The molecule has 1 aliphatic heterocycles. The summed E-state index contributed by atoms with van der Waals surface area (Å²) >= 11 is 0. The summed E-state index contributed by atoms with van der Waals surface area (Å²) in [6.07, 6.45) is -0.115. The van der Waals surface area contributed by atoms with Gasteiger partial charge in [0, 0.05) is 17.6 Å². The number of hydrogen-bond donors (Lipinski definition) is 5. The lowest BCUT2D eigenvalue weighted by Gasteiger charge is -2.19. The molecule has 0 aromatic carbocycles. The molecule has 2 aromatic heterocycles. The molecule has 3 heterocycles. The number of nitrogens with one attached hydrogen (secondary N) is 1. The summed E-state index contributed by atoms with van der Waals surface area (Å²) in [6.45, 7) is -0.344. The first kappa shape index (κ1) is 23.6. The summed E-state index contributed by atoms with van der Waals surface area (Å²) in [5.41, 5.74) is 0.865. The largest absolute Gasteiger partial charge is 0.387 e. The Morgan fingerprint density at radius 1 is 1.24 bits per heavy atom. The molecule has 1 aliphatic carbocycles. The number of aliphatic hydroxyl groups excluding tert-OH is 2. The van der Waals surface area contributed by atoms with Gasteiger partial charge in [0.25, 0.3) is 0 Å². The average Bonchev–Trinajstić information content (AvgIpc) is 3.49. The number of nitriles is 2. The second kappa shape index (κ2) is 9.37. The lowest BCUT2D eigenvalue weighted by Crippen LogP contribution is -2.33. The Balaban J connectivity index is 1.66. The van der Waals surface area contributed by atoms with Crippen molar-refractivity contribution < 1.29 is 34.0 Å². The van der Waals surface area contributed by atoms with Gasteiger partial charge < -0.3 is 39.4 Å². The highest BCUT2D eigenvalue weighted by molar-refractivity contribution is 7.51. The molecular formula is C20H24N5O7P. The van der Waals surface area contributed by atoms with Gasteiger partial charge in [-0.1, -0.05) is 12.8 Å². The number of aromatic nitrogens is 2. The zero-order valence-electron chi connectivity index (χ0n) is 17.5. The van der Waals surface area contributed by atoms with Crippen LogP contribution < -0.4 is 5.32 Å². The molecule has 0 bridgehead atoms. The topological polar surface area (TPSA) is 194 Å². The van der Waals surface area contributed by atoms with Gasteiger partial charge in [-0.25, -0.2) is 4.98 Å². The summed E-state index contributed by atoms with van der Waals surface area (Å²) in [5.74, 6) is 0. The lowest BCUT2D eigenvalue weighted by atomic mass is 10.1. The maximum Gasteiger partial charge on any atom is 0.350 e. The Hall–Kier alpha value is -2.54. The molecule has 5 N–H and O–H groups in total. The zero-order chi connectivity index (χ0) is 23.8. The lowest BCUT2D eigenvalue weighted by molar-refractivity contribution is -0.0610. The van der Waals surface area contributed by atoms with Crippen LogP contribution >= 0.6 is 7.60 Å². The maximum absolute atomic E-state index is 11.0. The Labute approximate surface area is 189 Å². The molecule has 13 heteroatoms. The van der Waals surface area contributed by atoms with Crippen LogP contribution in [0.3, 0.4) is 0 Å². The van der Waals surface area contributed by atoms with Crippen molar-refractivity contribution in [2.24, 2.45) is 0 Å². The highest BCUT2D eigenvalue weighted by Gasteiger charge is 2.44. The molecule has 176 valence electrons. The number of rotatable bonds is 7. The summed E-state index contributed by atoms with van der Waals surface area (Å²) in [5, 5.41) is 44.2. The number of ether oxygens (including phenoxy) is 2. The maximum atomic E-state index is 11.0. The van der Waals surface area contributed by atoms with Gasteiger partial charge in [0.2, 0.25) is 0 Å². The first-order chi connectivity index (χ1) is 15.7. The second-order valence-corrected chi connectivity index (χ2v) is 9.82. The van der Waals surface area contributed by atoms with E-state index in [1.165, 1.54) is 4.57 Å². The summed E-state index contributed by atoms with van der Waals surface area (Å²) in [7, 11) is -4.39. The smallest absolute Gasteiger partial charge is 0.350 e. The monoisotopic (exact) mass is 477 g/mol. The van der Waals surface area contributed by atoms with Crippen LogP contribution in [-0.4, -0.2) is 66.9 Å². The third-order valence-electron chi connectivity index (χ3n) is 5.94. The molecule has 12 nitrogen and oxygen atoms in total. The quantitative estimate of drug-likeness (QED) is 0.356. The fraction of sp³-hybridized carbons (Fsp3) is 0.550. The molecule has 2 aliphatic rings. The average molecular weight is 477 g/mol. The SMILES string of the molecule is N#Cc1nc2c(ccn2[C@@H]2O[C@H](COCP(=O)(O)O)[C@@H](O)[C@H]2O)c(NC2CCCC2)c1C#N. The normalized spacial score (nSPS) is 25.9. The zero-order valence-corrected chi connectivity index (χ0v) is 18.4. The minimum atomic E-state index is -4.39. The number of hydrogen-bond acceptors (Lipinski definition) is 9. The van der Waals surface area contributed by atoms with Gasteiger partial charge in [0.1, 0.15) is 48.0 Å². The van der Waals surface area contributed by atoms with Crippen molar-refractivity contribution in [1.82, 2.24) is 9.55 Å². The molecule has 33 heavy (non-hydrogen) atoms. The third kappa shape index (κ3) is 4.74. The molecule has 0 radical (unpaired) electrons. The fourth-order valence-corrected chi connectivity index (χ4v) is 4.71. The Morgan fingerprint density at radius 2 is 1.97 bits per heavy atom. The minimum Gasteiger partial charge on any atom is -0.387 e. The van der Waals surface area contributed by atoms with Crippen LogP contribution in [0.5, 0.6) is 0 Å². The second-order valence-electron chi connectivity index (χ2n) is 8.23. The fourth-order valence-electron chi connectivity index (χ4n) is 4.37. The first-order valence-electron chi connectivity index (χ1n) is 10.5. The third-order valence-corrected chi connectivity index (χ3v) is 6.45. The van der Waals surface area contributed by atoms with Gasteiger partial charge in [0.15, 0.2) is 11.9 Å². The molecule has 1 saturated heterocycles. The van der Waals surface area contributed by atoms with Crippen LogP contribution in [0.1, 0.15) is 43.2 Å². The molecule has 0 unspecified atom stereocenters. The molecule has 2 fully saturated rings. The minimum absolute atomic E-state index is 0.0694. The Bertz CT molecular complexity index is 1160. The van der Waals surface area contributed by atoms with E-state index in [0.717, 1.165) is 25.7 Å². The molecule has 1 saturated carbocycles. The van der Waals surface area contributed by atoms with E-state index in [4.69, 9.17) is 19.3 Å². The van der Waals surface area contributed by atoms with E-state index < -0.39 is 38.5 Å². The Kier molecular flexibility index (Phi) is 6.71. The summed E-state index contributed by atoms with van der Waals surface area (Å²) in [4.78, 5) is 22.1. The summed E-state index contributed by atoms with van der Waals surface area (Å²) < 4.78 is 23.1. The number of pyridine rings is 1. The predicted octanol–water partition coefficient (Wildman–Crippen LogP) is 0.905. The van der Waals surface area contributed by atoms with Crippen LogP contribution in [-0.2, 0) is 14.0 Å². The van der Waals surface area contributed by atoms with E-state index in [1.54, 1.807) is 12.3 Å². The van der Waals surface area contributed by atoms with Gasteiger partial charge in [-0.3, -0.25) is 4.57 Å². The van der Waals surface area contributed by atoms with Gasteiger partial charge in [-0.15, -0.1) is 0 Å². The molecular weight excluding hydrogens is 453 g/mol. The van der Waals surface area contributed by atoms with Crippen molar-refractivity contribution in [3.05, 3.63) is 23.5 Å². The summed E-state index contributed by atoms with van der Waals surface area (Å²) in [6, 6.07) is 5.88. The molecule has 4 rings (SSSR count). The predicted molar refractivity (Wildman–Crippen MR) is 114 cm³/mol. The van der Waals surface area contributed by atoms with Crippen LogP contribution in [0.25, 0.3) is 11.0 Å². The van der Waals surface area contributed by atoms with E-state index >= 15 is 0 Å². The highest BCUT2D eigenvalue weighted by Crippen LogP contribution is 2.38. The van der Waals surface area contributed by atoms with Crippen LogP contribution in [0.2, 0.25) is 0 Å². The van der Waals surface area contributed by atoms with E-state index in [2.05, 4.69) is 16.4 Å². The number of nitrogens with zero attached hydrogens (tertiary/aromatic N) is 4. The van der Waals surface area contributed by atoms with Crippen molar-refractivity contribution in [2.45, 2.75) is 56.3 Å². The van der Waals surface area contributed by atoms with Crippen molar-refractivity contribution in [2.75, 3.05) is 18.3 Å². The van der Waals surface area contributed by atoms with E-state index in [-0.39, 0.29) is 23.9 Å². The standard InChI is InChI=1S/C20H24N5O7P/c21-7-13-14(8-22)24-19-12(16(13)23-11-3-1-2-4-11)5-6-25(19)20-18(27)17(26)15(32-20)9-31-10-33(28,29)30/h5-6,11,15,17-18,20,26-27H,1-4,9-10H2,(H,23,24)(H2,28,29,30)/t15-,17-,18-,20-/m1/s1. The Morgan fingerprint density at radius 3 is 2.61 bits per heavy atom. The molecule has 2 aromatic rings. The van der Waals surface area contributed by atoms with Crippen LogP contribution in [0, 0.1) is 22.7 Å². The highest BCUT2D eigenvalue weighted by atomic mass is 31.2. The van der Waals surface area contributed by atoms with E-state index in [9.17, 15) is 25.3 Å². The van der Waals surface area contributed by atoms with Crippen molar-refractivity contribution >= 4 is 24.3 Å². The van der Waals surface area contributed by atoms with Crippen LogP contribution in [0.4, 0.5) is 5.69 Å². The number of anilines is 1. The van der Waals surface area contributed by atoms with Gasteiger partial charge in [-0.2, -0.15) is 10.5 Å². The van der Waals surface area contributed by atoms with E-state index in [0.29, 0.717) is 16.7 Å². The molecule has 0 amide bonds. The number of fused-ring (bicyclic) bond motifs is 1. The van der Waals surface area contributed by atoms with Gasteiger partial charge >= 0.3 is 7.60 Å². The van der Waals surface area contributed by atoms with Gasteiger partial charge in [-0.05, 0) is 18.9 Å². The molecule has 4 atom stereocenters. The number of aliphatic hydroxyl groups is 2. The van der Waals surface area contributed by atoms with E-state index in [1.807, 2.05) is 6.07 Å². The molecule has 0 spiro atoms. The van der Waals surface area contributed by atoms with Gasteiger partial charge in [0.05, 0.1) is 12.3 Å². The van der Waals surface area contributed by atoms with Crippen molar-refractivity contribution in [3.63, 3.8) is 0 Å². The van der Waals surface area contributed by atoms with Crippen LogP contribution in [0.15, 0.2) is 12.3 Å². The first-order valence-corrected chi connectivity index (χ1v) is 12.3. The van der Waals surface area contributed by atoms with Crippen molar-refractivity contribution in [3.8, 4) is 12.1 Å². The van der Waals surface area contributed by atoms with Crippen molar-refractivity contribution in [1.29, 1.82) is 10.5 Å².